The third-order valence-corrected chi connectivity index (χ3v) is 7.57. The fraction of sp³-hybridized carbons (Fsp3) is 0.333. The summed E-state index contributed by atoms with van der Waals surface area (Å²) in [4.78, 5) is 12.0. The minimum Gasteiger partial charge on any atom is -0.377 e. The first-order valence-corrected chi connectivity index (χ1v) is 13.3. The van der Waals surface area contributed by atoms with Crippen molar-refractivity contribution in [3.63, 3.8) is 0 Å². The highest BCUT2D eigenvalue weighted by Crippen LogP contribution is 2.43. The van der Waals surface area contributed by atoms with Crippen LogP contribution in [-0.4, -0.2) is 47.5 Å². The number of nitrogens with zero attached hydrogens (tertiary/aromatic N) is 7. The maximum atomic E-state index is 4.99. The van der Waals surface area contributed by atoms with Gasteiger partial charge in [0, 0.05) is 68.5 Å². The molecule has 2 aliphatic rings. The Hall–Kier alpha value is -4.20. The molecule has 8 heteroatoms. The molecule has 1 atom stereocenters. The van der Waals surface area contributed by atoms with Crippen LogP contribution >= 0.6 is 0 Å². The van der Waals surface area contributed by atoms with E-state index in [1.165, 1.54) is 16.7 Å². The molecule has 0 saturated carbocycles. The van der Waals surface area contributed by atoms with Crippen LogP contribution in [0.3, 0.4) is 0 Å². The normalized spacial score (nSPS) is 16.9. The Morgan fingerprint density at radius 2 is 1.84 bits per heavy atom. The third-order valence-electron chi connectivity index (χ3n) is 7.57. The second-order valence-corrected chi connectivity index (χ2v) is 10.4. The molecule has 1 unspecified atom stereocenters. The third kappa shape index (κ3) is 4.40. The van der Waals surface area contributed by atoms with Crippen molar-refractivity contribution >= 4 is 17.3 Å². The number of benzene rings is 1. The van der Waals surface area contributed by atoms with Crippen LogP contribution in [0.4, 0.5) is 11.8 Å². The standard InChI is InChI=1S/C30H34N8/c1-6-38-14-11-19(2)15-23(18-38)21-7-9-22(10-8-21)29-27-25(34-37(29)5)16-20(3)24-17-31-30(33-28(24)27)32-26-12-13-36(4)35-26/h7-10,12-13,15,17-18,20H,6,11,14,16H2,1-5H3,(H,31,32,33,35). The number of allylic oxidation sites excluding steroid dienone is 2. The van der Waals surface area contributed by atoms with E-state index in [9.17, 15) is 0 Å². The average Bonchev–Trinajstić information content (AvgIpc) is 3.40. The van der Waals surface area contributed by atoms with E-state index >= 15 is 0 Å². The Bertz CT molecular complexity index is 1550. The molecule has 1 aromatic carbocycles. The molecule has 0 radical (unpaired) electrons. The largest absolute Gasteiger partial charge is 0.377 e. The van der Waals surface area contributed by atoms with Crippen molar-refractivity contribution in [2.24, 2.45) is 14.1 Å². The van der Waals surface area contributed by atoms with Gasteiger partial charge in [-0.2, -0.15) is 10.2 Å². The molecule has 0 bridgehead atoms. The topological polar surface area (TPSA) is 76.7 Å². The molecule has 1 aliphatic carbocycles. The number of hydrogen-bond acceptors (Lipinski definition) is 6. The number of anilines is 2. The SMILES string of the molecule is CCN1C=C(c2ccc(-c3c4c(nn3C)CC(C)c3cnc(Nc5ccn(C)n5)nc3-4)cc2)C=C(C)CC1. The second kappa shape index (κ2) is 9.59. The van der Waals surface area contributed by atoms with Gasteiger partial charge in [-0.3, -0.25) is 9.36 Å². The summed E-state index contributed by atoms with van der Waals surface area (Å²) in [6.45, 7) is 8.73. The van der Waals surface area contributed by atoms with E-state index in [1.54, 1.807) is 4.68 Å². The van der Waals surface area contributed by atoms with Gasteiger partial charge >= 0.3 is 0 Å². The van der Waals surface area contributed by atoms with Crippen molar-refractivity contribution in [1.29, 1.82) is 0 Å². The molecule has 1 N–H and O–H groups in total. The van der Waals surface area contributed by atoms with Crippen molar-refractivity contribution in [1.82, 2.24) is 34.4 Å². The zero-order valence-electron chi connectivity index (χ0n) is 22.7. The Kier molecular flexibility index (Phi) is 6.10. The summed E-state index contributed by atoms with van der Waals surface area (Å²) in [5.74, 6) is 1.55. The maximum absolute atomic E-state index is 4.99. The minimum absolute atomic E-state index is 0.297. The quantitative estimate of drug-likeness (QED) is 0.375. The van der Waals surface area contributed by atoms with Gasteiger partial charge in [-0.15, -0.1) is 0 Å². The van der Waals surface area contributed by atoms with E-state index in [0.29, 0.717) is 11.9 Å². The molecule has 0 amide bonds. The molecule has 194 valence electrons. The highest BCUT2D eigenvalue weighted by molar-refractivity contribution is 5.86. The van der Waals surface area contributed by atoms with Gasteiger partial charge in [0.25, 0.3) is 0 Å². The zero-order valence-corrected chi connectivity index (χ0v) is 22.7. The highest BCUT2D eigenvalue weighted by Gasteiger charge is 2.30. The van der Waals surface area contributed by atoms with Crippen LogP contribution in [0.5, 0.6) is 0 Å². The van der Waals surface area contributed by atoms with Crippen LogP contribution in [0.2, 0.25) is 0 Å². The van der Waals surface area contributed by atoms with Crippen LogP contribution in [0, 0.1) is 0 Å². The molecule has 1 aliphatic heterocycles. The van der Waals surface area contributed by atoms with Gasteiger partial charge in [-0.25, -0.2) is 9.97 Å². The predicted octanol–water partition coefficient (Wildman–Crippen LogP) is 5.69. The van der Waals surface area contributed by atoms with Gasteiger partial charge in [-0.1, -0.05) is 42.8 Å². The van der Waals surface area contributed by atoms with Crippen molar-refractivity contribution < 1.29 is 0 Å². The number of hydrogen-bond donors (Lipinski definition) is 1. The van der Waals surface area contributed by atoms with E-state index in [2.05, 4.69) is 77.6 Å². The first kappa shape index (κ1) is 24.2. The predicted molar refractivity (Wildman–Crippen MR) is 152 cm³/mol. The Morgan fingerprint density at radius 1 is 1.05 bits per heavy atom. The van der Waals surface area contributed by atoms with Gasteiger partial charge in [0.1, 0.15) is 0 Å². The summed E-state index contributed by atoms with van der Waals surface area (Å²) in [7, 11) is 3.92. The van der Waals surface area contributed by atoms with Crippen LogP contribution in [0.1, 0.15) is 49.9 Å². The lowest BCUT2D eigenvalue weighted by molar-refractivity contribution is 0.404. The summed E-state index contributed by atoms with van der Waals surface area (Å²) in [6.07, 6.45) is 10.4. The zero-order chi connectivity index (χ0) is 26.4. The number of fused-ring (bicyclic) bond motifs is 3. The van der Waals surface area contributed by atoms with Gasteiger partial charge in [0.2, 0.25) is 5.95 Å². The van der Waals surface area contributed by atoms with E-state index < -0.39 is 0 Å². The van der Waals surface area contributed by atoms with Crippen LogP contribution < -0.4 is 5.32 Å². The Balaban J connectivity index is 1.40. The number of nitrogens with one attached hydrogen (secondary N) is 1. The molecule has 6 rings (SSSR count). The van der Waals surface area contributed by atoms with Crippen molar-refractivity contribution in [2.45, 2.75) is 39.5 Å². The molecule has 4 heterocycles. The Morgan fingerprint density at radius 3 is 2.58 bits per heavy atom. The lowest BCUT2D eigenvalue weighted by atomic mass is 9.84. The number of aromatic nitrogens is 6. The van der Waals surface area contributed by atoms with Gasteiger partial charge in [0.15, 0.2) is 5.82 Å². The highest BCUT2D eigenvalue weighted by atomic mass is 15.3. The summed E-state index contributed by atoms with van der Waals surface area (Å²) in [5, 5.41) is 12.6. The summed E-state index contributed by atoms with van der Waals surface area (Å²) in [6, 6.07) is 10.8. The lowest BCUT2D eigenvalue weighted by Gasteiger charge is -2.22. The maximum Gasteiger partial charge on any atom is 0.228 e. The van der Waals surface area contributed by atoms with Crippen molar-refractivity contribution in [3.8, 4) is 22.5 Å². The fourth-order valence-electron chi connectivity index (χ4n) is 5.49. The second-order valence-electron chi connectivity index (χ2n) is 10.4. The molecule has 8 nitrogen and oxygen atoms in total. The van der Waals surface area contributed by atoms with Crippen molar-refractivity contribution in [2.75, 3.05) is 18.4 Å². The van der Waals surface area contributed by atoms with Gasteiger partial charge in [0.05, 0.1) is 17.1 Å². The van der Waals surface area contributed by atoms with Crippen molar-refractivity contribution in [3.05, 3.63) is 77.4 Å². The number of aryl methyl sites for hydroxylation is 2. The minimum atomic E-state index is 0.297. The van der Waals surface area contributed by atoms with Gasteiger partial charge in [-0.05, 0) is 43.7 Å². The monoisotopic (exact) mass is 506 g/mol. The molecule has 3 aromatic heterocycles. The molecule has 4 aromatic rings. The molecule has 0 spiro atoms. The van der Waals surface area contributed by atoms with Crippen LogP contribution in [0.25, 0.3) is 28.1 Å². The summed E-state index contributed by atoms with van der Waals surface area (Å²) >= 11 is 0. The molecule has 0 fully saturated rings. The smallest absolute Gasteiger partial charge is 0.228 e. The summed E-state index contributed by atoms with van der Waals surface area (Å²) in [5.41, 5.74) is 10.4. The van der Waals surface area contributed by atoms with E-state index in [4.69, 9.17) is 10.1 Å². The van der Waals surface area contributed by atoms with E-state index in [1.807, 2.05) is 37.2 Å². The molecule has 0 saturated heterocycles. The van der Waals surface area contributed by atoms with E-state index in [-0.39, 0.29) is 0 Å². The average molecular weight is 507 g/mol. The van der Waals surface area contributed by atoms with Crippen LogP contribution in [0.15, 0.2) is 60.6 Å². The summed E-state index contributed by atoms with van der Waals surface area (Å²) < 4.78 is 3.76. The Labute approximate surface area is 223 Å². The lowest BCUT2D eigenvalue weighted by Crippen LogP contribution is -2.17. The number of rotatable bonds is 5. The molecular formula is C30H34N8. The van der Waals surface area contributed by atoms with Gasteiger partial charge < -0.3 is 10.2 Å². The molecular weight excluding hydrogens is 472 g/mol. The van der Waals surface area contributed by atoms with E-state index in [0.717, 1.165) is 65.5 Å². The first-order valence-electron chi connectivity index (χ1n) is 13.3. The van der Waals surface area contributed by atoms with Crippen LogP contribution in [-0.2, 0) is 20.5 Å². The first-order chi connectivity index (χ1) is 18.4. The molecule has 38 heavy (non-hydrogen) atoms. The fourth-order valence-corrected chi connectivity index (χ4v) is 5.49.